The van der Waals surface area contributed by atoms with Crippen molar-refractivity contribution in [2.75, 3.05) is 18.5 Å². The molecule has 9 atom stereocenters. The summed E-state index contributed by atoms with van der Waals surface area (Å²) in [6, 6.07) is -5.76. The zero-order chi connectivity index (χ0) is 57.6. The second-order valence-electron chi connectivity index (χ2n) is 18.9. The van der Waals surface area contributed by atoms with E-state index < -0.39 is 138 Å². The Kier molecular flexibility index (Phi) is 26.5. The lowest BCUT2D eigenvalue weighted by Crippen LogP contribution is -2.61. The molecule has 2 aromatic rings. The van der Waals surface area contributed by atoms with Gasteiger partial charge in [0, 0.05) is 36.2 Å². The quantitative estimate of drug-likeness (QED) is 0.0145. The van der Waals surface area contributed by atoms with E-state index in [9.17, 15) is 68.1 Å². The molecule has 1 heterocycles. The van der Waals surface area contributed by atoms with Gasteiger partial charge in [-0.3, -0.25) is 52.9 Å². The Bertz CT molecular complexity index is 2480. The number of hydrogen-bond acceptors (Lipinski definition) is 16. The first-order valence-corrected chi connectivity index (χ1v) is 24.7. The third kappa shape index (κ3) is 21.6. The summed E-state index contributed by atoms with van der Waals surface area (Å²) in [5.74, 6) is -10.1. The lowest BCUT2D eigenvalue weighted by molar-refractivity contribution is -0.139. The third-order valence-electron chi connectivity index (χ3n) is 11.5. The number of carboxylic acid groups (broad SMARTS) is 1. The molecule has 19 N–H and O–H groups in total. The average Bonchev–Trinajstić information content (AvgIpc) is 3.32. The summed E-state index contributed by atoms with van der Waals surface area (Å²) < 4.78 is 5.27. The molecule has 0 aliphatic heterocycles. The molecule has 422 valence electrons. The van der Waals surface area contributed by atoms with Gasteiger partial charge in [-0.05, 0) is 75.5 Å². The molecule has 0 aliphatic carbocycles. The van der Waals surface area contributed by atoms with Crippen molar-refractivity contribution in [3.63, 3.8) is 0 Å². The fourth-order valence-electron chi connectivity index (χ4n) is 7.39. The average molecular weight is 1070 g/mol. The van der Waals surface area contributed by atoms with E-state index in [1.165, 1.54) is 32.0 Å². The topological polar surface area (TPSA) is 474 Å². The van der Waals surface area contributed by atoms with Crippen molar-refractivity contribution >= 4 is 81.8 Å². The van der Waals surface area contributed by atoms with Crippen LogP contribution in [0.15, 0.2) is 38.5 Å². The Hall–Kier alpha value is -7.72. The first-order valence-electron chi connectivity index (χ1n) is 24.7. The number of carbonyl (C=O) groups is 10. The number of benzene rings is 1. The van der Waals surface area contributed by atoms with Gasteiger partial charge in [-0.1, -0.05) is 41.0 Å². The van der Waals surface area contributed by atoms with Crippen LogP contribution in [0.25, 0.3) is 11.0 Å². The van der Waals surface area contributed by atoms with Crippen molar-refractivity contribution in [1.29, 1.82) is 0 Å². The summed E-state index contributed by atoms with van der Waals surface area (Å²) in [4.78, 5) is 147. The maximum Gasteiger partial charge on any atom is 0.336 e. The highest BCUT2D eigenvalue weighted by Gasteiger charge is 2.35. The molecule has 0 aliphatic rings. The van der Waals surface area contributed by atoms with Crippen LogP contribution >= 0.6 is 0 Å². The molecule has 1 aromatic carbocycles. The number of rotatable bonds is 32. The van der Waals surface area contributed by atoms with Crippen molar-refractivity contribution < 1.29 is 67.7 Å². The van der Waals surface area contributed by atoms with Gasteiger partial charge in [-0.25, -0.2) is 4.79 Å². The molecule has 76 heavy (non-hydrogen) atoms. The first kappa shape index (κ1) is 64.4. The van der Waals surface area contributed by atoms with E-state index in [0.29, 0.717) is 17.4 Å². The molecule has 0 radical (unpaired) electrons. The molecule has 2 rings (SSSR count). The zero-order valence-electron chi connectivity index (χ0n) is 43.7. The Morgan fingerprint density at radius 2 is 1.22 bits per heavy atom. The van der Waals surface area contributed by atoms with Crippen molar-refractivity contribution in [2.24, 2.45) is 39.8 Å². The minimum atomic E-state index is -1.66. The van der Waals surface area contributed by atoms with E-state index >= 15 is 0 Å². The van der Waals surface area contributed by atoms with Gasteiger partial charge >= 0.3 is 11.6 Å². The summed E-state index contributed by atoms with van der Waals surface area (Å²) in [6.07, 6.45) is -1.98. The molecule has 0 spiro atoms. The molecule has 28 nitrogen and oxygen atoms in total. The molecule has 0 fully saturated rings. The summed E-state index contributed by atoms with van der Waals surface area (Å²) in [7, 11) is 0. The fraction of sp³-hybridized carbons (Fsp3) is 0.583. The fourth-order valence-corrected chi connectivity index (χ4v) is 7.39. The molecule has 0 saturated heterocycles. The number of hydrogen-bond donors (Lipinski definition) is 15. The number of carboxylic acids is 1. The van der Waals surface area contributed by atoms with E-state index in [0.717, 1.165) is 6.07 Å². The number of nitrogens with zero attached hydrogens (tertiary/aromatic N) is 1. The molecule has 1 aromatic heterocycles. The van der Waals surface area contributed by atoms with Gasteiger partial charge in [0.2, 0.25) is 53.2 Å². The van der Waals surface area contributed by atoms with Crippen LogP contribution in [0.4, 0.5) is 5.69 Å². The van der Waals surface area contributed by atoms with Crippen LogP contribution < -0.4 is 71.1 Å². The number of amides is 9. The summed E-state index contributed by atoms with van der Waals surface area (Å²) >= 11 is 0. The van der Waals surface area contributed by atoms with Crippen LogP contribution in [0.5, 0.6) is 0 Å². The van der Waals surface area contributed by atoms with Crippen LogP contribution in [0.1, 0.15) is 99.0 Å². The number of aliphatic hydroxyl groups excluding tert-OH is 2. The molecule has 0 saturated carbocycles. The highest BCUT2D eigenvalue weighted by Crippen LogP contribution is 2.22. The summed E-state index contributed by atoms with van der Waals surface area (Å²) in [5.41, 5.74) is 21.6. The standard InChI is InChI=1S/C48H75N13O15/c1-8-10-29(56-42(70)31(14-15-36(65)66)58-46(74)38(50)25(7)63)43(71)61-39(23(4)5)47(75)54-24(6)40(68)59-32(17-22(2)3)44(72)60-33(21-62)45(73)57-30(11-9-16-53-48(51)52)41(69)55-27-12-13-28-26(18-35(49)64)19-37(67)76-34(28)20-27/h12-13,19-20,22-25,29-33,38-39,62-63H,8-11,14-18,21,50H2,1-7H3,(H2,49,64)(H,54,75)(H,55,69)(H,56,70)(H,57,73)(H,58,74)(H,59,68)(H,60,72)(H,61,71)(H,65,66)(H4,51,52,53)/t24-,25-,29-,30-,31-,32-,33-,38-,39-/m0/s1. The number of anilines is 1. The Labute approximate surface area is 438 Å². The molecular weight excluding hydrogens is 999 g/mol. The van der Waals surface area contributed by atoms with Crippen molar-refractivity contribution in [1.82, 2.24) is 37.2 Å². The highest BCUT2D eigenvalue weighted by atomic mass is 16.4. The Balaban J connectivity index is 2.24. The monoisotopic (exact) mass is 1070 g/mol. The zero-order valence-corrected chi connectivity index (χ0v) is 43.7. The molecule has 9 amide bonds. The SMILES string of the molecule is CCC[C@H](NC(=O)[C@H](CCC(=O)O)NC(=O)[C@@H](N)[C@H](C)O)C(=O)N[C@H](C(=O)N[C@@H](C)C(=O)N[C@@H](CC(C)C)C(=O)N[C@@H](CO)C(=O)N[C@@H](CCCN=C(N)N)C(=O)Nc1ccc2c(CC(N)=O)cc(=O)oc2c1)C(C)C. The van der Waals surface area contributed by atoms with Crippen LogP contribution in [-0.2, 0) is 54.4 Å². The maximum absolute atomic E-state index is 13.8. The number of nitrogens with one attached hydrogen (secondary N) is 8. The van der Waals surface area contributed by atoms with Gasteiger partial charge in [0.05, 0.1) is 19.1 Å². The van der Waals surface area contributed by atoms with E-state index in [1.807, 2.05) is 0 Å². The lowest BCUT2D eigenvalue weighted by atomic mass is 10.0. The minimum absolute atomic E-state index is 0.00710. The van der Waals surface area contributed by atoms with E-state index in [2.05, 4.69) is 47.5 Å². The van der Waals surface area contributed by atoms with Crippen LogP contribution in [-0.4, -0.2) is 148 Å². The van der Waals surface area contributed by atoms with Crippen LogP contribution in [0, 0.1) is 11.8 Å². The number of primary amides is 1. The first-order chi connectivity index (χ1) is 35.6. The van der Waals surface area contributed by atoms with Crippen LogP contribution in [0.2, 0.25) is 0 Å². The number of guanidine groups is 1. The normalized spacial score (nSPS) is 14.7. The second kappa shape index (κ2) is 31.2. The third-order valence-corrected chi connectivity index (χ3v) is 11.5. The molecule has 28 heteroatoms. The smallest absolute Gasteiger partial charge is 0.336 e. The number of aliphatic hydroxyl groups is 2. The van der Waals surface area contributed by atoms with Gasteiger partial charge in [0.25, 0.3) is 0 Å². The number of carbonyl (C=O) groups excluding carboxylic acids is 9. The van der Waals surface area contributed by atoms with Gasteiger partial charge < -0.3 is 85.2 Å². The largest absolute Gasteiger partial charge is 0.481 e. The van der Waals surface area contributed by atoms with E-state index in [1.54, 1.807) is 34.6 Å². The van der Waals surface area contributed by atoms with Gasteiger partial charge in [0.1, 0.15) is 53.9 Å². The van der Waals surface area contributed by atoms with Gasteiger partial charge in [-0.2, -0.15) is 0 Å². The summed E-state index contributed by atoms with van der Waals surface area (Å²) in [6.45, 7) is 10.0. The molecular formula is C48H75N13O15. The highest BCUT2D eigenvalue weighted by molar-refractivity contribution is 6.01. The van der Waals surface area contributed by atoms with Crippen LogP contribution in [0.3, 0.4) is 0 Å². The van der Waals surface area contributed by atoms with Gasteiger partial charge in [0.15, 0.2) is 5.96 Å². The van der Waals surface area contributed by atoms with Crippen molar-refractivity contribution in [3.05, 3.63) is 40.2 Å². The van der Waals surface area contributed by atoms with Crippen molar-refractivity contribution in [3.8, 4) is 0 Å². The maximum atomic E-state index is 13.8. The summed E-state index contributed by atoms with van der Waals surface area (Å²) in [5, 5.41) is 49.6. The number of nitrogens with two attached hydrogens (primary N) is 4. The lowest BCUT2D eigenvalue weighted by Gasteiger charge is -2.28. The Morgan fingerprint density at radius 1 is 0.671 bits per heavy atom. The Morgan fingerprint density at radius 3 is 1.78 bits per heavy atom. The van der Waals surface area contributed by atoms with E-state index in [4.69, 9.17) is 27.4 Å². The van der Waals surface area contributed by atoms with E-state index in [-0.39, 0.29) is 68.2 Å². The van der Waals surface area contributed by atoms with Crippen molar-refractivity contribution in [2.45, 2.75) is 154 Å². The molecule has 0 unspecified atom stereocenters. The number of aliphatic imine (C=N–C) groups is 1. The predicted molar refractivity (Wildman–Crippen MR) is 276 cm³/mol. The minimum Gasteiger partial charge on any atom is -0.481 e. The van der Waals surface area contributed by atoms with Gasteiger partial charge in [-0.15, -0.1) is 0 Å². The number of fused-ring (bicyclic) bond motifs is 1. The number of aliphatic carboxylic acids is 1. The molecule has 0 bridgehead atoms. The second-order valence-corrected chi connectivity index (χ2v) is 18.9. The predicted octanol–water partition coefficient (Wildman–Crippen LogP) is -3.71.